The zero-order valence-corrected chi connectivity index (χ0v) is 8.88. The number of anilines is 1. The van der Waals surface area contributed by atoms with Gasteiger partial charge in [0.15, 0.2) is 0 Å². The Morgan fingerprint density at radius 3 is 2.69 bits per heavy atom. The van der Waals surface area contributed by atoms with Gasteiger partial charge in [0.2, 0.25) is 0 Å². The first-order chi connectivity index (χ1) is 7.42. The van der Waals surface area contributed by atoms with Gasteiger partial charge in [-0.15, -0.1) is 0 Å². The highest BCUT2D eigenvalue weighted by Gasteiger charge is 2.31. The van der Waals surface area contributed by atoms with E-state index in [0.717, 1.165) is 0 Å². The second kappa shape index (κ2) is 5.16. The van der Waals surface area contributed by atoms with Crippen LogP contribution in [0.5, 0.6) is 0 Å². The molecule has 0 aliphatic rings. The van der Waals surface area contributed by atoms with E-state index in [1.165, 1.54) is 13.2 Å². The number of alkyl halides is 3. The molecule has 3 nitrogen and oxygen atoms in total. The first-order valence-electron chi connectivity index (χ1n) is 4.86. The first-order valence-corrected chi connectivity index (χ1v) is 4.86. The van der Waals surface area contributed by atoms with Gasteiger partial charge in [0.25, 0.3) is 0 Å². The molecule has 0 radical (unpaired) electrons. The molecule has 1 aromatic rings. The average Bonchev–Trinajstić information content (AvgIpc) is 2.18. The van der Waals surface area contributed by atoms with Crippen LogP contribution in [0.3, 0.4) is 0 Å². The summed E-state index contributed by atoms with van der Waals surface area (Å²) in [6, 6.07) is 2.67. The predicted octanol–water partition coefficient (Wildman–Crippen LogP) is 1.75. The molecule has 0 bridgehead atoms. The van der Waals surface area contributed by atoms with Crippen LogP contribution in [0.25, 0.3) is 0 Å². The number of pyridine rings is 1. The average molecular weight is 233 g/mol. The molecule has 0 fully saturated rings. The van der Waals surface area contributed by atoms with Gasteiger partial charge in [-0.3, -0.25) is 0 Å². The summed E-state index contributed by atoms with van der Waals surface area (Å²) in [7, 11) is 1.50. The van der Waals surface area contributed by atoms with E-state index < -0.39 is 18.6 Å². The van der Waals surface area contributed by atoms with Crippen LogP contribution in [0.1, 0.15) is 12.0 Å². The minimum atomic E-state index is -4.18. The van der Waals surface area contributed by atoms with E-state index >= 15 is 0 Å². The number of nitrogens with two attached hydrogens (primary N) is 1. The van der Waals surface area contributed by atoms with Crippen molar-refractivity contribution in [3.8, 4) is 0 Å². The molecule has 0 spiro atoms. The number of rotatable bonds is 4. The zero-order chi connectivity index (χ0) is 12.2. The maximum absolute atomic E-state index is 12.2. The van der Waals surface area contributed by atoms with Crippen LogP contribution in [0, 0.1) is 0 Å². The van der Waals surface area contributed by atoms with E-state index in [9.17, 15) is 13.2 Å². The SMILES string of the molecule is CNC(Cc1cccnc1N)CC(F)(F)F. The molecule has 1 unspecified atom stereocenters. The van der Waals surface area contributed by atoms with Crippen LogP contribution in [0.2, 0.25) is 0 Å². The van der Waals surface area contributed by atoms with E-state index in [-0.39, 0.29) is 12.2 Å². The zero-order valence-electron chi connectivity index (χ0n) is 8.88. The van der Waals surface area contributed by atoms with Gasteiger partial charge in [-0.2, -0.15) is 13.2 Å². The number of aromatic nitrogens is 1. The summed E-state index contributed by atoms with van der Waals surface area (Å²) in [5.74, 6) is 0.282. The maximum atomic E-state index is 12.2. The lowest BCUT2D eigenvalue weighted by atomic mass is 10.0. The number of halogens is 3. The maximum Gasteiger partial charge on any atom is 0.390 e. The van der Waals surface area contributed by atoms with Gasteiger partial charge in [0, 0.05) is 12.2 Å². The summed E-state index contributed by atoms with van der Waals surface area (Å²) in [5.41, 5.74) is 6.20. The van der Waals surface area contributed by atoms with Crippen LogP contribution in [-0.2, 0) is 6.42 Å². The normalized spacial score (nSPS) is 13.8. The van der Waals surface area contributed by atoms with E-state index in [1.54, 1.807) is 12.1 Å². The highest BCUT2D eigenvalue weighted by Crippen LogP contribution is 2.23. The number of nitrogens with zero attached hydrogens (tertiary/aromatic N) is 1. The Balaban J connectivity index is 2.67. The van der Waals surface area contributed by atoms with Crippen molar-refractivity contribution in [2.24, 2.45) is 0 Å². The lowest BCUT2D eigenvalue weighted by molar-refractivity contribution is -0.139. The molecule has 1 aromatic heterocycles. The lowest BCUT2D eigenvalue weighted by Gasteiger charge is -2.18. The number of hydrogen-bond acceptors (Lipinski definition) is 3. The van der Waals surface area contributed by atoms with Crippen molar-refractivity contribution in [3.05, 3.63) is 23.9 Å². The summed E-state index contributed by atoms with van der Waals surface area (Å²) in [6.45, 7) is 0. The summed E-state index contributed by atoms with van der Waals surface area (Å²) >= 11 is 0. The van der Waals surface area contributed by atoms with Crippen molar-refractivity contribution in [1.82, 2.24) is 10.3 Å². The first kappa shape index (κ1) is 12.8. The molecule has 90 valence electrons. The molecule has 6 heteroatoms. The molecule has 0 aromatic carbocycles. The number of likely N-dealkylation sites (N-methyl/N-ethyl adjacent to an activating group) is 1. The van der Waals surface area contributed by atoms with E-state index in [0.29, 0.717) is 5.56 Å². The monoisotopic (exact) mass is 233 g/mol. The Bertz CT molecular complexity index is 338. The van der Waals surface area contributed by atoms with Gasteiger partial charge in [0.05, 0.1) is 6.42 Å². The summed E-state index contributed by atoms with van der Waals surface area (Å²) in [5, 5.41) is 2.63. The Hall–Kier alpha value is -1.30. The van der Waals surface area contributed by atoms with Crippen LogP contribution in [-0.4, -0.2) is 24.2 Å². The van der Waals surface area contributed by atoms with Gasteiger partial charge in [-0.05, 0) is 25.1 Å². The number of nitrogens with one attached hydrogen (secondary N) is 1. The van der Waals surface area contributed by atoms with Gasteiger partial charge in [-0.1, -0.05) is 6.07 Å². The lowest BCUT2D eigenvalue weighted by Crippen LogP contribution is -2.33. The fraction of sp³-hybridized carbons (Fsp3) is 0.500. The van der Waals surface area contributed by atoms with Gasteiger partial charge in [0.1, 0.15) is 5.82 Å². The molecule has 0 aliphatic carbocycles. The van der Waals surface area contributed by atoms with Crippen LogP contribution in [0.15, 0.2) is 18.3 Å². The minimum absolute atomic E-state index is 0.218. The smallest absolute Gasteiger partial charge is 0.383 e. The Kier molecular flexibility index (Phi) is 4.12. The Morgan fingerprint density at radius 2 is 2.19 bits per heavy atom. The van der Waals surface area contributed by atoms with Gasteiger partial charge < -0.3 is 11.1 Å². The summed E-state index contributed by atoms with van der Waals surface area (Å²) < 4.78 is 36.6. The summed E-state index contributed by atoms with van der Waals surface area (Å²) in [6.07, 6.45) is -3.32. The topological polar surface area (TPSA) is 50.9 Å². The molecular formula is C10H14F3N3. The van der Waals surface area contributed by atoms with E-state index in [2.05, 4.69) is 10.3 Å². The quantitative estimate of drug-likeness (QED) is 0.833. The van der Waals surface area contributed by atoms with Crippen LogP contribution < -0.4 is 11.1 Å². The highest BCUT2D eigenvalue weighted by molar-refractivity contribution is 5.38. The fourth-order valence-electron chi connectivity index (χ4n) is 1.44. The molecule has 1 atom stereocenters. The third-order valence-corrected chi connectivity index (χ3v) is 2.28. The van der Waals surface area contributed by atoms with Crippen molar-refractivity contribution in [2.75, 3.05) is 12.8 Å². The second-order valence-corrected chi connectivity index (χ2v) is 3.56. The van der Waals surface area contributed by atoms with Gasteiger partial charge >= 0.3 is 6.18 Å². The van der Waals surface area contributed by atoms with Gasteiger partial charge in [-0.25, -0.2) is 4.98 Å². The second-order valence-electron chi connectivity index (χ2n) is 3.56. The van der Waals surface area contributed by atoms with Crippen molar-refractivity contribution >= 4 is 5.82 Å². The molecule has 0 saturated carbocycles. The molecule has 3 N–H and O–H groups in total. The molecule has 1 rings (SSSR count). The van der Waals surface area contributed by atoms with Crippen molar-refractivity contribution in [1.29, 1.82) is 0 Å². The largest absolute Gasteiger partial charge is 0.390 e. The molecule has 1 heterocycles. The van der Waals surface area contributed by atoms with Crippen molar-refractivity contribution < 1.29 is 13.2 Å². The Labute approximate surface area is 91.9 Å². The predicted molar refractivity (Wildman–Crippen MR) is 55.9 cm³/mol. The van der Waals surface area contributed by atoms with Crippen LogP contribution in [0.4, 0.5) is 19.0 Å². The van der Waals surface area contributed by atoms with Crippen molar-refractivity contribution in [2.45, 2.75) is 25.1 Å². The third-order valence-electron chi connectivity index (χ3n) is 2.28. The molecule has 0 amide bonds. The highest BCUT2D eigenvalue weighted by atomic mass is 19.4. The molecule has 0 aliphatic heterocycles. The summed E-state index contributed by atoms with van der Waals surface area (Å²) in [4.78, 5) is 3.83. The molecule has 0 saturated heterocycles. The number of hydrogen-bond donors (Lipinski definition) is 2. The fourth-order valence-corrected chi connectivity index (χ4v) is 1.44. The minimum Gasteiger partial charge on any atom is -0.383 e. The molecule has 16 heavy (non-hydrogen) atoms. The standard InChI is InChI=1S/C10H14F3N3/c1-15-8(6-10(11,12)13)5-7-3-2-4-16-9(7)14/h2-4,8,15H,5-6H2,1H3,(H2,14,16). The molecular weight excluding hydrogens is 219 g/mol. The van der Waals surface area contributed by atoms with Crippen molar-refractivity contribution in [3.63, 3.8) is 0 Å². The van der Waals surface area contributed by atoms with Crippen LogP contribution >= 0.6 is 0 Å². The van der Waals surface area contributed by atoms with E-state index in [1.807, 2.05) is 0 Å². The Morgan fingerprint density at radius 1 is 1.50 bits per heavy atom. The van der Waals surface area contributed by atoms with E-state index in [4.69, 9.17) is 5.73 Å². The third kappa shape index (κ3) is 4.06. The number of nitrogen functional groups attached to an aromatic ring is 1.